The van der Waals surface area contributed by atoms with E-state index in [1.807, 2.05) is 20.0 Å². The summed E-state index contributed by atoms with van der Waals surface area (Å²) in [5, 5.41) is 9.44. The molecule has 0 spiro atoms. The van der Waals surface area contributed by atoms with Gasteiger partial charge in [-0.3, -0.25) is 0 Å². The van der Waals surface area contributed by atoms with E-state index in [1.54, 1.807) is 16.7 Å². The van der Waals surface area contributed by atoms with Crippen LogP contribution in [0.4, 0.5) is 0 Å². The molecule has 2 aliphatic heterocycles. The van der Waals surface area contributed by atoms with Gasteiger partial charge in [0.15, 0.2) is 0 Å². The molecular formula is C17H20N2O5. The number of pyridine rings is 1. The third kappa shape index (κ3) is 2.44. The van der Waals surface area contributed by atoms with Crippen molar-refractivity contribution in [2.24, 2.45) is 0 Å². The first kappa shape index (κ1) is 15.4. The summed E-state index contributed by atoms with van der Waals surface area (Å²) in [6, 6.07) is 1.67. The SMILES string of the molecule is CC(C)Oc1cc2nc([C@]34CO[C@H](CCO3)C4)cn2cc1C(=O)O. The van der Waals surface area contributed by atoms with Crippen molar-refractivity contribution in [1.29, 1.82) is 0 Å². The summed E-state index contributed by atoms with van der Waals surface area (Å²) >= 11 is 0. The van der Waals surface area contributed by atoms with Gasteiger partial charge < -0.3 is 23.7 Å². The van der Waals surface area contributed by atoms with Gasteiger partial charge in [0.05, 0.1) is 31.1 Å². The van der Waals surface area contributed by atoms with E-state index in [1.165, 1.54) is 0 Å². The van der Waals surface area contributed by atoms with Crippen LogP contribution in [0.1, 0.15) is 42.7 Å². The molecule has 4 rings (SSSR count). The minimum absolute atomic E-state index is 0.114. The molecule has 1 N–H and O–H groups in total. The van der Waals surface area contributed by atoms with Gasteiger partial charge in [0.2, 0.25) is 0 Å². The molecule has 7 heteroatoms. The largest absolute Gasteiger partial charge is 0.490 e. The van der Waals surface area contributed by atoms with Crippen LogP contribution in [-0.2, 0) is 15.1 Å². The van der Waals surface area contributed by atoms with Gasteiger partial charge in [0, 0.05) is 24.9 Å². The van der Waals surface area contributed by atoms with Gasteiger partial charge >= 0.3 is 5.97 Å². The van der Waals surface area contributed by atoms with Crippen LogP contribution < -0.4 is 4.74 Å². The van der Waals surface area contributed by atoms with Crippen molar-refractivity contribution in [3.05, 3.63) is 29.7 Å². The summed E-state index contributed by atoms with van der Waals surface area (Å²) in [6.45, 7) is 4.86. The number of fused-ring (bicyclic) bond motifs is 3. The zero-order chi connectivity index (χ0) is 16.9. The Balaban J connectivity index is 1.79. The summed E-state index contributed by atoms with van der Waals surface area (Å²) < 4.78 is 19.1. The lowest BCUT2D eigenvalue weighted by Gasteiger charge is -2.29. The van der Waals surface area contributed by atoms with Crippen molar-refractivity contribution in [2.75, 3.05) is 13.2 Å². The highest BCUT2D eigenvalue weighted by molar-refractivity contribution is 5.91. The summed E-state index contributed by atoms with van der Waals surface area (Å²) in [5.41, 5.74) is 1.01. The Labute approximate surface area is 139 Å². The van der Waals surface area contributed by atoms with Crippen LogP contribution in [-0.4, -0.2) is 45.9 Å². The first-order valence-corrected chi connectivity index (χ1v) is 8.15. The molecule has 0 aliphatic carbocycles. The van der Waals surface area contributed by atoms with Gasteiger partial charge in [-0.25, -0.2) is 9.78 Å². The van der Waals surface area contributed by atoms with Crippen LogP contribution in [0.25, 0.3) is 5.65 Å². The van der Waals surface area contributed by atoms with Gasteiger partial charge in [-0.05, 0) is 20.3 Å². The average molecular weight is 332 g/mol. The van der Waals surface area contributed by atoms with Gasteiger partial charge in [-0.1, -0.05) is 0 Å². The van der Waals surface area contributed by atoms with Crippen LogP contribution in [0.15, 0.2) is 18.5 Å². The van der Waals surface area contributed by atoms with E-state index in [0.717, 1.165) is 18.5 Å². The molecule has 0 unspecified atom stereocenters. The van der Waals surface area contributed by atoms with Crippen molar-refractivity contribution in [1.82, 2.24) is 9.38 Å². The number of aromatic carboxylic acids is 1. The fraction of sp³-hybridized carbons (Fsp3) is 0.529. The van der Waals surface area contributed by atoms with Crippen molar-refractivity contribution in [2.45, 2.75) is 44.5 Å². The number of nitrogens with zero attached hydrogens (tertiary/aromatic N) is 2. The van der Waals surface area contributed by atoms with Crippen LogP contribution in [0.3, 0.4) is 0 Å². The minimum atomic E-state index is -1.03. The lowest BCUT2D eigenvalue weighted by Crippen LogP contribution is -2.34. The normalized spacial score (nSPS) is 26.2. The number of hydrogen-bond donors (Lipinski definition) is 1. The molecule has 24 heavy (non-hydrogen) atoms. The Morgan fingerprint density at radius 1 is 1.50 bits per heavy atom. The molecule has 2 aromatic heterocycles. The van der Waals surface area contributed by atoms with E-state index in [4.69, 9.17) is 14.2 Å². The van der Waals surface area contributed by atoms with Crippen molar-refractivity contribution < 1.29 is 24.1 Å². The second-order valence-electron chi connectivity index (χ2n) is 6.68. The molecule has 4 heterocycles. The highest BCUT2D eigenvalue weighted by Crippen LogP contribution is 2.42. The second-order valence-corrected chi connectivity index (χ2v) is 6.68. The third-order valence-corrected chi connectivity index (χ3v) is 4.54. The maximum atomic E-state index is 11.5. The van der Waals surface area contributed by atoms with E-state index in [0.29, 0.717) is 24.6 Å². The monoisotopic (exact) mass is 332 g/mol. The van der Waals surface area contributed by atoms with Crippen molar-refractivity contribution >= 4 is 11.6 Å². The molecule has 2 aliphatic rings. The number of ether oxygens (including phenoxy) is 3. The number of carboxylic acid groups (broad SMARTS) is 1. The van der Waals surface area contributed by atoms with Crippen molar-refractivity contribution in [3.63, 3.8) is 0 Å². The van der Waals surface area contributed by atoms with E-state index >= 15 is 0 Å². The van der Waals surface area contributed by atoms with Crippen LogP contribution >= 0.6 is 0 Å². The topological polar surface area (TPSA) is 82.3 Å². The van der Waals surface area contributed by atoms with Crippen LogP contribution in [0.2, 0.25) is 0 Å². The smallest absolute Gasteiger partial charge is 0.341 e. The first-order chi connectivity index (χ1) is 11.5. The number of rotatable bonds is 4. The Hall–Kier alpha value is -2.12. The Morgan fingerprint density at radius 2 is 2.33 bits per heavy atom. The molecule has 2 saturated heterocycles. The standard InChI is InChI=1S/C17H20N2O5/c1-10(2)24-13-5-15-18-14(8-19(15)7-12(13)16(20)21)17-6-11(22-9-17)3-4-23-17/h5,7-8,10-11H,3-4,6,9H2,1-2H3,(H,20,21)/t11-,17+/m1/s1. The third-order valence-electron chi connectivity index (χ3n) is 4.54. The molecule has 0 saturated carbocycles. The molecule has 2 atom stereocenters. The minimum Gasteiger partial charge on any atom is -0.490 e. The molecule has 2 fully saturated rings. The number of carbonyl (C=O) groups is 1. The molecule has 2 bridgehead atoms. The van der Waals surface area contributed by atoms with Crippen molar-refractivity contribution in [3.8, 4) is 5.75 Å². The highest BCUT2D eigenvalue weighted by Gasteiger charge is 2.47. The Kier molecular flexibility index (Phi) is 3.51. The number of hydrogen-bond acceptors (Lipinski definition) is 5. The summed E-state index contributed by atoms with van der Waals surface area (Å²) in [6.07, 6.45) is 5.17. The predicted molar refractivity (Wildman–Crippen MR) is 84.5 cm³/mol. The van der Waals surface area contributed by atoms with E-state index in [2.05, 4.69) is 4.98 Å². The van der Waals surface area contributed by atoms with Gasteiger partial charge in [0.1, 0.15) is 22.6 Å². The number of imidazole rings is 1. The molecule has 0 amide bonds. The summed E-state index contributed by atoms with van der Waals surface area (Å²) in [5.74, 6) is -0.705. The molecule has 0 aromatic carbocycles. The zero-order valence-electron chi connectivity index (χ0n) is 13.7. The molecule has 2 aromatic rings. The van der Waals surface area contributed by atoms with E-state index < -0.39 is 11.6 Å². The molecular weight excluding hydrogens is 312 g/mol. The van der Waals surface area contributed by atoms with E-state index in [9.17, 15) is 9.90 Å². The van der Waals surface area contributed by atoms with Crippen LogP contribution in [0, 0.1) is 0 Å². The van der Waals surface area contributed by atoms with Gasteiger partial charge in [-0.15, -0.1) is 0 Å². The maximum Gasteiger partial charge on any atom is 0.341 e. The van der Waals surface area contributed by atoms with Crippen LogP contribution in [0.5, 0.6) is 5.75 Å². The Morgan fingerprint density at radius 3 is 3.08 bits per heavy atom. The first-order valence-electron chi connectivity index (χ1n) is 8.15. The quantitative estimate of drug-likeness (QED) is 0.924. The summed E-state index contributed by atoms with van der Waals surface area (Å²) in [7, 11) is 0. The molecule has 0 radical (unpaired) electrons. The number of aromatic nitrogens is 2. The maximum absolute atomic E-state index is 11.5. The highest BCUT2D eigenvalue weighted by atomic mass is 16.6. The molecule has 7 nitrogen and oxygen atoms in total. The average Bonchev–Trinajstić information content (AvgIpc) is 3.07. The lowest BCUT2D eigenvalue weighted by atomic mass is 9.93. The fourth-order valence-electron chi connectivity index (χ4n) is 3.41. The number of carboxylic acids is 1. The fourth-order valence-corrected chi connectivity index (χ4v) is 3.41. The second kappa shape index (κ2) is 5.46. The van der Waals surface area contributed by atoms with Gasteiger partial charge in [-0.2, -0.15) is 0 Å². The summed E-state index contributed by atoms with van der Waals surface area (Å²) in [4.78, 5) is 16.2. The van der Waals surface area contributed by atoms with Gasteiger partial charge in [0.25, 0.3) is 0 Å². The zero-order valence-corrected chi connectivity index (χ0v) is 13.7. The van der Waals surface area contributed by atoms with E-state index in [-0.39, 0.29) is 17.8 Å². The molecule has 128 valence electrons. The predicted octanol–water partition coefficient (Wildman–Crippen LogP) is 2.22. The Bertz CT molecular complexity index is 796. The lowest BCUT2D eigenvalue weighted by molar-refractivity contribution is -0.0597.